The van der Waals surface area contributed by atoms with Crippen molar-refractivity contribution in [1.29, 1.82) is 0 Å². The first-order valence-corrected chi connectivity index (χ1v) is 6.08. The Morgan fingerprint density at radius 2 is 1.90 bits per heavy atom. The van der Waals surface area contributed by atoms with E-state index in [4.69, 9.17) is 17.0 Å². The summed E-state index contributed by atoms with van der Waals surface area (Å²) in [6.07, 6.45) is -4.34. The summed E-state index contributed by atoms with van der Waals surface area (Å²) in [5.41, 5.74) is 0.514. The fourth-order valence-corrected chi connectivity index (χ4v) is 1.94. The molecule has 0 aliphatic rings. The summed E-state index contributed by atoms with van der Waals surface area (Å²) in [6.45, 7) is 0.248. The molecule has 1 aromatic heterocycles. The van der Waals surface area contributed by atoms with Gasteiger partial charge in [-0.3, -0.25) is 0 Å². The zero-order valence-electron chi connectivity index (χ0n) is 10.5. The number of aromatic amines is 1. The first-order valence-electron chi connectivity index (χ1n) is 5.67. The van der Waals surface area contributed by atoms with Crippen LogP contribution < -0.4 is 0 Å². The first-order chi connectivity index (χ1) is 9.40. The topological polar surface area (TPSA) is 37.9 Å². The lowest BCUT2D eigenvalue weighted by molar-refractivity contribution is -0.137. The molecular weight excluding hydrogens is 289 g/mol. The third-order valence-corrected chi connectivity index (χ3v) is 2.81. The maximum absolute atomic E-state index is 12.5. The van der Waals surface area contributed by atoms with E-state index in [9.17, 15) is 13.2 Å². The van der Waals surface area contributed by atoms with Gasteiger partial charge in [-0.2, -0.15) is 13.2 Å². The number of rotatable bonds is 3. The standard InChI is InChI=1S/C13H11F3N2OS/c1-19-7-11-17-10(6-12(20)18-11)8-2-4-9(5-3-8)13(14,15)16/h2-6H,7H2,1H3,(H,17,18,20). The molecule has 0 aliphatic carbocycles. The summed E-state index contributed by atoms with van der Waals surface area (Å²) in [5.74, 6) is 0.523. The summed E-state index contributed by atoms with van der Waals surface area (Å²) in [7, 11) is 1.52. The number of aromatic nitrogens is 2. The molecule has 0 spiro atoms. The molecule has 106 valence electrons. The fraction of sp³-hybridized carbons (Fsp3) is 0.231. The predicted molar refractivity (Wildman–Crippen MR) is 70.6 cm³/mol. The molecule has 1 aromatic carbocycles. The van der Waals surface area contributed by atoms with Crippen molar-refractivity contribution in [2.24, 2.45) is 0 Å². The van der Waals surface area contributed by atoms with Crippen molar-refractivity contribution in [3.8, 4) is 11.3 Å². The van der Waals surface area contributed by atoms with Crippen LogP contribution in [0, 0.1) is 4.64 Å². The van der Waals surface area contributed by atoms with Crippen LogP contribution in [0.3, 0.4) is 0 Å². The lowest BCUT2D eigenvalue weighted by atomic mass is 10.1. The average Bonchev–Trinajstić information content (AvgIpc) is 2.37. The van der Waals surface area contributed by atoms with Gasteiger partial charge in [0, 0.05) is 12.8 Å². The van der Waals surface area contributed by atoms with E-state index >= 15 is 0 Å². The van der Waals surface area contributed by atoms with Gasteiger partial charge in [-0.05, 0) is 23.8 Å². The minimum Gasteiger partial charge on any atom is -0.377 e. The monoisotopic (exact) mass is 300 g/mol. The molecule has 20 heavy (non-hydrogen) atoms. The first kappa shape index (κ1) is 14.7. The van der Waals surface area contributed by atoms with Gasteiger partial charge in [0.15, 0.2) is 0 Å². The van der Waals surface area contributed by atoms with Crippen molar-refractivity contribution in [2.45, 2.75) is 12.8 Å². The SMILES string of the molecule is COCc1nc(=S)cc(-c2ccc(C(F)(F)F)cc2)[nH]1. The molecule has 1 N–H and O–H groups in total. The molecule has 0 fully saturated rings. The van der Waals surface area contributed by atoms with Crippen molar-refractivity contribution in [3.05, 3.63) is 46.4 Å². The molecule has 1 heterocycles. The van der Waals surface area contributed by atoms with Crippen LogP contribution in [0.25, 0.3) is 11.3 Å². The van der Waals surface area contributed by atoms with Gasteiger partial charge in [0.05, 0.1) is 5.56 Å². The largest absolute Gasteiger partial charge is 0.416 e. The number of hydrogen-bond donors (Lipinski definition) is 1. The molecule has 0 atom stereocenters. The van der Waals surface area contributed by atoms with E-state index in [0.717, 1.165) is 12.1 Å². The molecule has 0 saturated heterocycles. The minimum absolute atomic E-state index is 0.248. The van der Waals surface area contributed by atoms with Gasteiger partial charge in [-0.25, -0.2) is 4.98 Å². The van der Waals surface area contributed by atoms with Gasteiger partial charge in [-0.1, -0.05) is 24.4 Å². The van der Waals surface area contributed by atoms with Crippen LogP contribution in [-0.2, 0) is 17.5 Å². The Kier molecular flexibility index (Phi) is 4.20. The molecule has 0 unspecified atom stereocenters. The minimum atomic E-state index is -4.34. The number of nitrogens with zero attached hydrogens (tertiary/aromatic N) is 1. The van der Waals surface area contributed by atoms with Gasteiger partial charge in [-0.15, -0.1) is 0 Å². The van der Waals surface area contributed by atoms with Gasteiger partial charge in [0.25, 0.3) is 0 Å². The van der Waals surface area contributed by atoms with Crippen molar-refractivity contribution in [2.75, 3.05) is 7.11 Å². The number of hydrogen-bond acceptors (Lipinski definition) is 3. The highest BCUT2D eigenvalue weighted by molar-refractivity contribution is 7.71. The van der Waals surface area contributed by atoms with Crippen LogP contribution >= 0.6 is 12.2 Å². The third kappa shape index (κ3) is 3.43. The smallest absolute Gasteiger partial charge is 0.377 e. The zero-order valence-corrected chi connectivity index (χ0v) is 11.3. The molecule has 0 bridgehead atoms. The molecule has 7 heteroatoms. The quantitative estimate of drug-likeness (QED) is 0.872. The van der Waals surface area contributed by atoms with E-state index in [1.807, 2.05) is 0 Å². The Bertz CT molecular complexity index is 650. The van der Waals surface area contributed by atoms with Crippen molar-refractivity contribution < 1.29 is 17.9 Å². The summed E-state index contributed by atoms with van der Waals surface area (Å²) >= 11 is 5.02. The van der Waals surface area contributed by atoms with Crippen LogP contribution in [0.4, 0.5) is 13.2 Å². The molecule has 2 aromatic rings. The lowest BCUT2D eigenvalue weighted by Gasteiger charge is -2.09. The van der Waals surface area contributed by atoms with Crippen LogP contribution in [0.2, 0.25) is 0 Å². The summed E-state index contributed by atoms with van der Waals surface area (Å²) in [5, 5.41) is 0. The maximum Gasteiger partial charge on any atom is 0.416 e. The van der Waals surface area contributed by atoms with Crippen LogP contribution in [0.5, 0.6) is 0 Å². The predicted octanol–water partition coefficient (Wildman–Crippen LogP) is 3.97. The van der Waals surface area contributed by atoms with Crippen LogP contribution in [0.1, 0.15) is 11.4 Å². The average molecular weight is 300 g/mol. The Labute approximate surface area is 118 Å². The number of nitrogens with one attached hydrogen (secondary N) is 1. The summed E-state index contributed by atoms with van der Waals surface area (Å²) < 4.78 is 42.8. The second-order valence-electron chi connectivity index (χ2n) is 4.09. The fourth-order valence-electron chi connectivity index (χ4n) is 1.71. The van der Waals surface area contributed by atoms with Crippen molar-refractivity contribution in [3.63, 3.8) is 0 Å². The molecule has 0 saturated carbocycles. The molecule has 0 radical (unpaired) electrons. The normalized spacial score (nSPS) is 11.6. The Balaban J connectivity index is 2.39. The zero-order chi connectivity index (χ0) is 14.8. The number of methoxy groups -OCH3 is 1. The van der Waals surface area contributed by atoms with Gasteiger partial charge in [0.2, 0.25) is 0 Å². The molecule has 2 rings (SSSR count). The molecular formula is C13H11F3N2OS. The van der Waals surface area contributed by atoms with Gasteiger partial charge in [0.1, 0.15) is 17.1 Å². The molecule has 3 nitrogen and oxygen atoms in total. The van der Waals surface area contributed by atoms with E-state index in [0.29, 0.717) is 21.7 Å². The van der Waals surface area contributed by atoms with Crippen molar-refractivity contribution >= 4 is 12.2 Å². The highest BCUT2D eigenvalue weighted by Crippen LogP contribution is 2.30. The highest BCUT2D eigenvalue weighted by Gasteiger charge is 2.29. The van der Waals surface area contributed by atoms with E-state index in [1.165, 1.54) is 19.2 Å². The maximum atomic E-state index is 12.5. The Hall–Kier alpha value is -1.73. The summed E-state index contributed by atoms with van der Waals surface area (Å²) in [4.78, 5) is 7.04. The van der Waals surface area contributed by atoms with E-state index in [2.05, 4.69) is 9.97 Å². The molecule has 0 amide bonds. The van der Waals surface area contributed by atoms with E-state index in [-0.39, 0.29) is 6.61 Å². The van der Waals surface area contributed by atoms with Gasteiger partial charge >= 0.3 is 6.18 Å². The number of H-pyrrole nitrogens is 1. The van der Waals surface area contributed by atoms with E-state index < -0.39 is 11.7 Å². The second kappa shape index (κ2) is 5.72. The lowest BCUT2D eigenvalue weighted by Crippen LogP contribution is -2.04. The molecule has 0 aliphatic heterocycles. The number of halogens is 3. The second-order valence-corrected chi connectivity index (χ2v) is 4.51. The van der Waals surface area contributed by atoms with Crippen LogP contribution in [-0.4, -0.2) is 17.1 Å². The van der Waals surface area contributed by atoms with Crippen molar-refractivity contribution in [1.82, 2.24) is 9.97 Å². The third-order valence-electron chi connectivity index (χ3n) is 2.60. The highest BCUT2D eigenvalue weighted by atomic mass is 32.1. The Morgan fingerprint density at radius 3 is 2.45 bits per heavy atom. The summed E-state index contributed by atoms with van der Waals surface area (Å²) in [6, 6.07) is 6.43. The Morgan fingerprint density at radius 1 is 1.25 bits per heavy atom. The van der Waals surface area contributed by atoms with E-state index in [1.54, 1.807) is 6.07 Å². The number of ether oxygens (including phenoxy) is 1. The number of benzene rings is 1. The van der Waals surface area contributed by atoms with Crippen LogP contribution in [0.15, 0.2) is 30.3 Å². The van der Waals surface area contributed by atoms with Gasteiger partial charge < -0.3 is 9.72 Å². The number of alkyl halides is 3.